The van der Waals surface area contributed by atoms with Crippen molar-refractivity contribution in [2.75, 3.05) is 6.16 Å². The molecule has 1 heterocycles. The first kappa shape index (κ1) is 7.14. The molecule has 0 saturated carbocycles. The summed E-state index contributed by atoms with van der Waals surface area (Å²) < 4.78 is 0. The lowest BCUT2D eigenvalue weighted by atomic mass is 10.5. The van der Waals surface area contributed by atoms with Gasteiger partial charge >= 0.3 is 0 Å². The smallest absolute Gasteiger partial charge is 0.0807 e. The zero-order valence-corrected chi connectivity index (χ0v) is 8.03. The first-order valence-corrected chi connectivity index (χ1v) is 7.47. The van der Waals surface area contributed by atoms with E-state index in [-0.39, 0.29) is 0 Å². The molecule has 0 aromatic carbocycles. The molecule has 0 spiro atoms. The Balaban J connectivity index is 2.72. The van der Waals surface area contributed by atoms with Crippen LogP contribution in [0, 0.1) is 0 Å². The standard InChI is InChI=1S/C4H4BrClPS/c5-7(6)2-1-4(8)3-7/h1-2H,3H2/q+1. The average molecular weight is 230 g/mol. The molecule has 0 nitrogen and oxygen atoms in total. The highest BCUT2D eigenvalue weighted by Crippen LogP contribution is 2.74. The number of hydrogen-bond acceptors (Lipinski definition) is 1. The summed E-state index contributed by atoms with van der Waals surface area (Å²) in [6, 6.07) is 0. The number of hydrogen-bond donors (Lipinski definition) is 0. The predicted octanol–water partition coefficient (Wildman–Crippen LogP) is 3.36. The summed E-state index contributed by atoms with van der Waals surface area (Å²) in [7, 11) is 0. The van der Waals surface area contributed by atoms with Crippen LogP contribution in [0.15, 0.2) is 11.9 Å². The third-order valence-electron chi connectivity index (χ3n) is 0.845. The quantitative estimate of drug-likeness (QED) is 0.454. The SMILES string of the molecule is S=C1C=C[P+](Cl)(Br)C1. The van der Waals surface area contributed by atoms with Crippen LogP contribution in [0.4, 0.5) is 0 Å². The Morgan fingerprint density at radius 3 is 2.62 bits per heavy atom. The van der Waals surface area contributed by atoms with Gasteiger partial charge in [0.05, 0.1) is 10.7 Å². The topological polar surface area (TPSA) is 0 Å². The second kappa shape index (κ2) is 2.34. The first-order valence-electron chi connectivity index (χ1n) is 2.09. The first-order chi connectivity index (χ1) is 3.60. The highest BCUT2D eigenvalue weighted by molar-refractivity contribution is 9.45. The van der Waals surface area contributed by atoms with E-state index in [4.69, 9.17) is 23.5 Å². The highest BCUT2D eigenvalue weighted by atomic mass is 79.9. The predicted molar refractivity (Wildman–Crippen MR) is 48.3 cm³/mol. The number of rotatable bonds is 0. The molecule has 44 valence electrons. The number of allylic oxidation sites excluding steroid dienone is 1. The fourth-order valence-electron chi connectivity index (χ4n) is 0.505. The summed E-state index contributed by atoms with van der Waals surface area (Å²) in [5.74, 6) is 1.97. The van der Waals surface area contributed by atoms with Crippen molar-refractivity contribution in [1.82, 2.24) is 0 Å². The van der Waals surface area contributed by atoms with Gasteiger partial charge in [-0.25, -0.2) is 0 Å². The normalized spacial score (nSPS) is 36.5. The Bertz CT molecular complexity index is 154. The molecule has 0 radical (unpaired) electrons. The van der Waals surface area contributed by atoms with Gasteiger partial charge in [0.25, 0.3) is 0 Å². The van der Waals surface area contributed by atoms with Crippen LogP contribution in [-0.4, -0.2) is 11.0 Å². The molecule has 8 heavy (non-hydrogen) atoms. The average Bonchev–Trinajstić information content (AvgIpc) is 1.82. The Morgan fingerprint density at radius 2 is 2.50 bits per heavy atom. The van der Waals surface area contributed by atoms with Crippen molar-refractivity contribution >= 4 is 49.1 Å². The van der Waals surface area contributed by atoms with Gasteiger partial charge in [0.1, 0.15) is 17.4 Å². The van der Waals surface area contributed by atoms with E-state index in [1.54, 1.807) is 0 Å². The molecule has 0 amide bonds. The molecule has 1 atom stereocenters. The van der Waals surface area contributed by atoms with E-state index in [0.29, 0.717) is 0 Å². The number of halogens is 2. The molecule has 0 aromatic heterocycles. The van der Waals surface area contributed by atoms with Gasteiger partial charge in [-0.15, -0.1) is 0 Å². The third-order valence-corrected chi connectivity index (χ3v) is 4.85. The molecular formula is C4H4BrClPS+. The molecule has 0 aliphatic carbocycles. The van der Waals surface area contributed by atoms with Crippen LogP contribution in [0.1, 0.15) is 0 Å². The van der Waals surface area contributed by atoms with Crippen LogP contribution in [-0.2, 0) is 0 Å². The number of thiocarbonyl (C=S) groups is 1. The Hall–Kier alpha value is 1.03. The van der Waals surface area contributed by atoms with Crippen molar-refractivity contribution in [2.24, 2.45) is 0 Å². The Morgan fingerprint density at radius 1 is 1.88 bits per heavy atom. The van der Waals surface area contributed by atoms with Gasteiger partial charge in [-0.3, -0.25) is 0 Å². The van der Waals surface area contributed by atoms with Gasteiger partial charge in [-0.05, 0) is 6.08 Å². The van der Waals surface area contributed by atoms with Crippen molar-refractivity contribution in [3.8, 4) is 0 Å². The summed E-state index contributed by atoms with van der Waals surface area (Å²) in [5, 5.41) is -1.39. The van der Waals surface area contributed by atoms with Crippen LogP contribution in [0.3, 0.4) is 0 Å². The highest BCUT2D eigenvalue weighted by Gasteiger charge is 2.36. The van der Waals surface area contributed by atoms with Crippen LogP contribution >= 0.6 is 44.3 Å². The molecule has 4 heteroatoms. The lowest BCUT2D eigenvalue weighted by molar-refractivity contribution is 2.07. The van der Waals surface area contributed by atoms with E-state index in [2.05, 4.69) is 15.5 Å². The van der Waals surface area contributed by atoms with E-state index in [1.807, 2.05) is 11.9 Å². The molecule has 0 bridgehead atoms. The summed E-state index contributed by atoms with van der Waals surface area (Å²) >= 11 is 14.2. The minimum Gasteiger partial charge on any atom is -0.0807 e. The maximum atomic E-state index is 5.92. The molecule has 0 fully saturated rings. The van der Waals surface area contributed by atoms with Gasteiger partial charge in [-0.1, -0.05) is 12.2 Å². The van der Waals surface area contributed by atoms with Crippen molar-refractivity contribution in [2.45, 2.75) is 0 Å². The fraction of sp³-hybridized carbons (Fsp3) is 0.250. The molecule has 1 unspecified atom stereocenters. The zero-order valence-electron chi connectivity index (χ0n) is 3.97. The lowest BCUT2D eigenvalue weighted by Gasteiger charge is -1.93. The molecule has 1 aliphatic heterocycles. The zero-order chi connectivity index (χ0) is 6.20. The van der Waals surface area contributed by atoms with Crippen molar-refractivity contribution < 1.29 is 0 Å². The van der Waals surface area contributed by atoms with Gasteiger partial charge in [0.2, 0.25) is 5.32 Å². The van der Waals surface area contributed by atoms with Gasteiger partial charge < -0.3 is 0 Å². The van der Waals surface area contributed by atoms with Gasteiger partial charge in [0.15, 0.2) is 15.5 Å². The van der Waals surface area contributed by atoms with E-state index < -0.39 is 5.32 Å². The largest absolute Gasteiger partial charge is 0.212 e. The summed E-state index contributed by atoms with van der Waals surface area (Å²) in [6.45, 7) is 0. The minimum absolute atomic E-state index is 0.851. The van der Waals surface area contributed by atoms with E-state index >= 15 is 0 Å². The van der Waals surface area contributed by atoms with E-state index in [1.165, 1.54) is 0 Å². The fourth-order valence-corrected chi connectivity index (χ4v) is 4.74. The molecule has 0 N–H and O–H groups in total. The summed E-state index contributed by atoms with van der Waals surface area (Å²) in [6.07, 6.45) is 2.76. The van der Waals surface area contributed by atoms with Gasteiger partial charge in [0, 0.05) is 0 Å². The van der Waals surface area contributed by atoms with Gasteiger partial charge in [-0.2, -0.15) is 0 Å². The van der Waals surface area contributed by atoms with E-state index in [0.717, 1.165) is 11.0 Å². The Labute approximate surface area is 67.2 Å². The third kappa shape index (κ3) is 1.77. The second-order valence-corrected chi connectivity index (χ2v) is 11.0. The van der Waals surface area contributed by atoms with Crippen molar-refractivity contribution in [3.63, 3.8) is 0 Å². The molecular weight excluding hydrogens is 226 g/mol. The maximum Gasteiger partial charge on any atom is 0.212 e. The van der Waals surface area contributed by atoms with Crippen molar-refractivity contribution in [1.29, 1.82) is 0 Å². The van der Waals surface area contributed by atoms with E-state index in [9.17, 15) is 0 Å². The van der Waals surface area contributed by atoms with Crippen LogP contribution in [0.25, 0.3) is 0 Å². The monoisotopic (exact) mass is 229 g/mol. The maximum absolute atomic E-state index is 5.92. The van der Waals surface area contributed by atoms with Crippen LogP contribution in [0.5, 0.6) is 0 Å². The summed E-state index contributed by atoms with van der Waals surface area (Å²) in [4.78, 5) is 0.963. The van der Waals surface area contributed by atoms with Crippen LogP contribution < -0.4 is 0 Å². The summed E-state index contributed by atoms with van der Waals surface area (Å²) in [5.41, 5.74) is 0. The van der Waals surface area contributed by atoms with Crippen LogP contribution in [0.2, 0.25) is 0 Å². The second-order valence-electron chi connectivity index (χ2n) is 1.62. The molecule has 1 aliphatic rings. The van der Waals surface area contributed by atoms with Crippen molar-refractivity contribution in [3.05, 3.63) is 11.9 Å². The molecule has 0 aromatic rings. The molecule has 0 saturated heterocycles. The molecule has 1 rings (SSSR count). The Kier molecular flexibility index (Phi) is 2.09. The minimum atomic E-state index is -1.39. The lowest BCUT2D eigenvalue weighted by Crippen LogP contribution is -1.86.